The van der Waals surface area contributed by atoms with Gasteiger partial charge in [0, 0.05) is 24.2 Å². The van der Waals surface area contributed by atoms with Gasteiger partial charge in [-0.1, -0.05) is 12.8 Å². The molecule has 1 saturated heterocycles. The summed E-state index contributed by atoms with van der Waals surface area (Å²) in [6.45, 7) is 4.58. The molecule has 16 heavy (non-hydrogen) atoms. The molecule has 4 nitrogen and oxygen atoms in total. The van der Waals surface area contributed by atoms with E-state index < -0.39 is 5.97 Å². The summed E-state index contributed by atoms with van der Waals surface area (Å²) in [6.07, 6.45) is 4.35. The van der Waals surface area contributed by atoms with Crippen LogP contribution in [0.3, 0.4) is 0 Å². The Hall–Kier alpha value is -1.32. The number of amides is 1. The van der Waals surface area contributed by atoms with Gasteiger partial charge in [0.25, 0.3) is 0 Å². The fourth-order valence-corrected chi connectivity index (χ4v) is 1.83. The van der Waals surface area contributed by atoms with Gasteiger partial charge in [-0.2, -0.15) is 0 Å². The summed E-state index contributed by atoms with van der Waals surface area (Å²) in [6, 6.07) is 0. The van der Waals surface area contributed by atoms with Crippen LogP contribution in [0.5, 0.6) is 0 Å². The Morgan fingerprint density at radius 1 is 0.938 bits per heavy atom. The molecule has 1 amide bonds. The summed E-state index contributed by atoms with van der Waals surface area (Å²) >= 11 is 0. The van der Waals surface area contributed by atoms with Crippen LogP contribution in [0.1, 0.15) is 39.5 Å². The number of nitrogens with zero attached hydrogens (tertiary/aromatic N) is 1. The number of aliphatic carboxylic acids is 1. The first kappa shape index (κ1) is 12.7. The first-order valence-electron chi connectivity index (χ1n) is 5.74. The van der Waals surface area contributed by atoms with E-state index in [0.29, 0.717) is 5.57 Å². The third-order valence-electron chi connectivity index (χ3n) is 3.10. The molecule has 0 aromatic rings. The minimum Gasteiger partial charge on any atom is -0.478 e. The Morgan fingerprint density at radius 3 is 1.88 bits per heavy atom. The first-order valence-corrected chi connectivity index (χ1v) is 5.74. The molecular formula is C12H19NO3. The zero-order valence-electron chi connectivity index (χ0n) is 9.95. The second-order valence-electron chi connectivity index (χ2n) is 4.26. The summed E-state index contributed by atoms with van der Waals surface area (Å²) in [5, 5.41) is 8.83. The van der Waals surface area contributed by atoms with E-state index in [-0.39, 0.29) is 11.5 Å². The Kier molecular flexibility index (Phi) is 4.52. The second-order valence-corrected chi connectivity index (χ2v) is 4.26. The number of carbonyl (C=O) groups is 2. The maximum atomic E-state index is 12.0. The van der Waals surface area contributed by atoms with Crippen LogP contribution >= 0.6 is 0 Å². The number of rotatable bonds is 2. The van der Waals surface area contributed by atoms with Crippen molar-refractivity contribution in [1.82, 2.24) is 4.90 Å². The van der Waals surface area contributed by atoms with Crippen molar-refractivity contribution in [2.45, 2.75) is 39.5 Å². The minimum atomic E-state index is -1.01. The lowest BCUT2D eigenvalue weighted by molar-refractivity contribution is -0.133. The predicted octanol–water partition coefficient (Wildman–Crippen LogP) is 1.81. The SMILES string of the molecule is CC(C(=O)O)=C(C)C(=O)N1CCCCCC1. The first-order chi connectivity index (χ1) is 7.54. The van der Waals surface area contributed by atoms with Crippen LogP contribution < -0.4 is 0 Å². The lowest BCUT2D eigenvalue weighted by Crippen LogP contribution is -2.33. The maximum Gasteiger partial charge on any atom is 0.331 e. The van der Waals surface area contributed by atoms with Crippen molar-refractivity contribution >= 4 is 11.9 Å². The number of carbonyl (C=O) groups excluding carboxylic acids is 1. The van der Waals surface area contributed by atoms with E-state index >= 15 is 0 Å². The van der Waals surface area contributed by atoms with Crippen LogP contribution in [0.2, 0.25) is 0 Å². The van der Waals surface area contributed by atoms with Crippen molar-refractivity contribution in [3.05, 3.63) is 11.1 Å². The van der Waals surface area contributed by atoms with Gasteiger partial charge in [-0.15, -0.1) is 0 Å². The number of carboxylic acids is 1. The average molecular weight is 225 g/mol. The molecule has 1 aliphatic rings. The molecule has 1 rings (SSSR count). The van der Waals surface area contributed by atoms with E-state index in [0.717, 1.165) is 38.8 Å². The molecular weight excluding hydrogens is 206 g/mol. The van der Waals surface area contributed by atoms with Gasteiger partial charge in [-0.05, 0) is 26.7 Å². The van der Waals surface area contributed by atoms with E-state index in [4.69, 9.17) is 5.11 Å². The van der Waals surface area contributed by atoms with Crippen LogP contribution in [-0.4, -0.2) is 35.0 Å². The van der Waals surface area contributed by atoms with Crippen molar-refractivity contribution in [3.63, 3.8) is 0 Å². The number of carboxylic acid groups (broad SMARTS) is 1. The lowest BCUT2D eigenvalue weighted by Gasteiger charge is -2.21. The van der Waals surface area contributed by atoms with Gasteiger partial charge >= 0.3 is 5.97 Å². The molecule has 90 valence electrons. The largest absolute Gasteiger partial charge is 0.478 e. The maximum absolute atomic E-state index is 12.0. The molecule has 1 aliphatic heterocycles. The quantitative estimate of drug-likeness (QED) is 0.729. The number of hydrogen-bond donors (Lipinski definition) is 1. The standard InChI is InChI=1S/C12H19NO3/c1-9(10(2)12(15)16)11(14)13-7-5-3-4-6-8-13/h3-8H2,1-2H3,(H,15,16). The molecule has 0 bridgehead atoms. The number of likely N-dealkylation sites (tertiary alicyclic amines) is 1. The van der Waals surface area contributed by atoms with Crippen LogP contribution in [0.25, 0.3) is 0 Å². The summed E-state index contributed by atoms with van der Waals surface area (Å²) in [5.74, 6) is -1.14. The van der Waals surface area contributed by atoms with Crippen LogP contribution in [0.4, 0.5) is 0 Å². The Balaban J connectivity index is 2.76. The zero-order valence-corrected chi connectivity index (χ0v) is 9.95. The van der Waals surface area contributed by atoms with E-state index in [1.165, 1.54) is 6.92 Å². The molecule has 4 heteroatoms. The highest BCUT2D eigenvalue weighted by molar-refractivity contribution is 6.01. The van der Waals surface area contributed by atoms with Crippen LogP contribution in [0.15, 0.2) is 11.1 Å². The summed E-state index contributed by atoms with van der Waals surface area (Å²) in [4.78, 5) is 24.5. The van der Waals surface area contributed by atoms with Crippen LogP contribution in [0, 0.1) is 0 Å². The molecule has 0 unspecified atom stereocenters. The molecule has 0 radical (unpaired) electrons. The molecule has 0 aliphatic carbocycles. The van der Waals surface area contributed by atoms with Crippen molar-refractivity contribution in [2.75, 3.05) is 13.1 Å². The highest BCUT2D eigenvalue weighted by Crippen LogP contribution is 2.14. The molecule has 1 heterocycles. The number of hydrogen-bond acceptors (Lipinski definition) is 2. The Morgan fingerprint density at radius 2 is 1.44 bits per heavy atom. The average Bonchev–Trinajstić information content (AvgIpc) is 2.54. The fraction of sp³-hybridized carbons (Fsp3) is 0.667. The molecule has 1 fully saturated rings. The van der Waals surface area contributed by atoms with E-state index in [1.54, 1.807) is 11.8 Å². The van der Waals surface area contributed by atoms with Crippen molar-refractivity contribution in [1.29, 1.82) is 0 Å². The molecule has 0 spiro atoms. The smallest absolute Gasteiger partial charge is 0.331 e. The molecule has 0 saturated carbocycles. The zero-order chi connectivity index (χ0) is 12.1. The van der Waals surface area contributed by atoms with Gasteiger partial charge < -0.3 is 10.0 Å². The third kappa shape index (κ3) is 3.08. The van der Waals surface area contributed by atoms with Gasteiger partial charge in [0.15, 0.2) is 0 Å². The second kappa shape index (κ2) is 5.68. The van der Waals surface area contributed by atoms with Crippen molar-refractivity contribution in [3.8, 4) is 0 Å². The van der Waals surface area contributed by atoms with E-state index in [1.807, 2.05) is 0 Å². The minimum absolute atomic E-state index is 0.123. The Bertz CT molecular complexity index is 312. The van der Waals surface area contributed by atoms with Gasteiger partial charge in [-0.25, -0.2) is 4.79 Å². The van der Waals surface area contributed by atoms with Gasteiger partial charge in [0.1, 0.15) is 0 Å². The van der Waals surface area contributed by atoms with Crippen LogP contribution in [-0.2, 0) is 9.59 Å². The van der Waals surface area contributed by atoms with Gasteiger partial charge in [0.05, 0.1) is 0 Å². The topological polar surface area (TPSA) is 57.6 Å². The van der Waals surface area contributed by atoms with Gasteiger partial charge in [0.2, 0.25) is 5.91 Å². The monoisotopic (exact) mass is 225 g/mol. The van der Waals surface area contributed by atoms with Crippen molar-refractivity contribution in [2.24, 2.45) is 0 Å². The van der Waals surface area contributed by atoms with E-state index in [2.05, 4.69) is 0 Å². The van der Waals surface area contributed by atoms with E-state index in [9.17, 15) is 9.59 Å². The molecule has 1 N–H and O–H groups in total. The van der Waals surface area contributed by atoms with Crippen molar-refractivity contribution < 1.29 is 14.7 Å². The summed E-state index contributed by atoms with van der Waals surface area (Å²) in [7, 11) is 0. The predicted molar refractivity (Wildman–Crippen MR) is 61.1 cm³/mol. The lowest BCUT2D eigenvalue weighted by atomic mass is 10.1. The Labute approximate surface area is 95.9 Å². The highest BCUT2D eigenvalue weighted by Gasteiger charge is 2.19. The summed E-state index contributed by atoms with van der Waals surface area (Å²) in [5.41, 5.74) is 0.503. The molecule has 0 aromatic heterocycles. The normalized spacial score (nSPS) is 18.8. The third-order valence-corrected chi connectivity index (χ3v) is 3.10. The van der Waals surface area contributed by atoms with Gasteiger partial charge in [-0.3, -0.25) is 4.79 Å². The summed E-state index contributed by atoms with van der Waals surface area (Å²) < 4.78 is 0. The molecule has 0 aromatic carbocycles. The molecule has 0 atom stereocenters. The highest BCUT2D eigenvalue weighted by atomic mass is 16.4. The fourth-order valence-electron chi connectivity index (χ4n) is 1.83.